The molecule has 0 saturated heterocycles. The van der Waals surface area contributed by atoms with Crippen molar-refractivity contribution in [3.63, 3.8) is 0 Å². The molecule has 0 saturated carbocycles. The van der Waals surface area contributed by atoms with Crippen LogP contribution in [0.25, 0.3) is 0 Å². The number of hydrogen-bond donors (Lipinski definition) is 1. The Balaban J connectivity index is 6.71. The van der Waals surface area contributed by atoms with Gasteiger partial charge in [0.05, 0.1) is 0 Å². The highest BCUT2D eigenvalue weighted by Crippen LogP contribution is 2.46. The van der Waals surface area contributed by atoms with Gasteiger partial charge in [-0.15, -0.1) is 0 Å². The molecule has 0 heterocycles. The van der Waals surface area contributed by atoms with E-state index in [1.807, 2.05) is 0 Å². The first-order chi connectivity index (χ1) is 12.3. The Bertz CT molecular complexity index is 402. The van der Waals surface area contributed by atoms with Gasteiger partial charge in [0.15, 0.2) is 47.4 Å². The summed E-state index contributed by atoms with van der Waals surface area (Å²) in [4.78, 5) is 0. The summed E-state index contributed by atoms with van der Waals surface area (Å²) in [6, 6.07) is 1.06. The van der Waals surface area contributed by atoms with E-state index in [2.05, 4.69) is 72.4 Å². The maximum absolute atomic E-state index is 6.94. The van der Waals surface area contributed by atoms with Crippen LogP contribution in [0.4, 0.5) is 0 Å². The van der Waals surface area contributed by atoms with Crippen LogP contribution in [0.15, 0.2) is 0 Å². The van der Waals surface area contributed by atoms with Crippen LogP contribution in [0.3, 0.4) is 0 Å². The van der Waals surface area contributed by atoms with Crippen molar-refractivity contribution in [3.8, 4) is 0 Å². The molecule has 0 spiro atoms. The third-order valence-corrected chi connectivity index (χ3v) is 12.3. The number of hydrogen-bond acceptors (Lipinski definition) is 5. The quantitative estimate of drug-likeness (QED) is 0.312. The number of rotatable bonds is 14. The SMILES string of the molecule is CCC(O[SiH](C)C)(O[SiH](C)C)C(O[SiH](C)C)(O[SiH](C)C)[Si](C)(C)CCCN. The van der Waals surface area contributed by atoms with E-state index in [9.17, 15) is 0 Å². The molecule has 0 aromatic rings. The van der Waals surface area contributed by atoms with E-state index < -0.39 is 55.4 Å². The summed E-state index contributed by atoms with van der Waals surface area (Å²) in [7, 11) is -7.71. The normalized spacial score (nSPS) is 14.2. The van der Waals surface area contributed by atoms with E-state index in [4.69, 9.17) is 23.4 Å². The largest absolute Gasteiger partial charge is 0.394 e. The molecule has 5 nitrogen and oxygen atoms in total. The van der Waals surface area contributed by atoms with Crippen molar-refractivity contribution in [1.29, 1.82) is 0 Å². The first kappa shape index (κ1) is 27.9. The monoisotopic (exact) mass is 469 g/mol. The molecule has 0 amide bonds. The lowest BCUT2D eigenvalue weighted by Gasteiger charge is -2.58. The summed E-state index contributed by atoms with van der Waals surface area (Å²) >= 11 is 0. The van der Waals surface area contributed by atoms with Crippen LogP contribution >= 0.6 is 0 Å². The molecule has 27 heavy (non-hydrogen) atoms. The predicted molar refractivity (Wildman–Crippen MR) is 132 cm³/mol. The molecular weight excluding hydrogens is 423 g/mol. The van der Waals surface area contributed by atoms with Gasteiger partial charge in [0.25, 0.3) is 0 Å². The second-order valence-electron chi connectivity index (χ2n) is 9.17. The Morgan fingerprint density at radius 3 is 1.37 bits per heavy atom. The van der Waals surface area contributed by atoms with Gasteiger partial charge in [-0.1, -0.05) is 26.1 Å². The molecule has 0 aliphatic rings. The minimum Gasteiger partial charge on any atom is -0.394 e. The van der Waals surface area contributed by atoms with Gasteiger partial charge in [-0.3, -0.25) is 0 Å². The molecule has 0 unspecified atom stereocenters. The second-order valence-corrected chi connectivity index (χ2v) is 23.4. The van der Waals surface area contributed by atoms with Crippen molar-refractivity contribution in [1.82, 2.24) is 0 Å². The topological polar surface area (TPSA) is 62.9 Å². The highest BCUT2D eigenvalue weighted by Gasteiger charge is 2.64. The summed E-state index contributed by atoms with van der Waals surface area (Å²) in [6.45, 7) is 25.4. The van der Waals surface area contributed by atoms with Gasteiger partial charge in [-0.25, -0.2) is 0 Å². The van der Waals surface area contributed by atoms with Gasteiger partial charge in [0.1, 0.15) is 8.07 Å². The van der Waals surface area contributed by atoms with Crippen LogP contribution in [-0.2, 0) is 17.7 Å². The van der Waals surface area contributed by atoms with Crippen LogP contribution in [0.2, 0.25) is 71.5 Å². The molecule has 164 valence electrons. The average molecular weight is 470 g/mol. The zero-order valence-corrected chi connectivity index (χ0v) is 25.5. The van der Waals surface area contributed by atoms with E-state index in [1.54, 1.807) is 0 Å². The Kier molecular flexibility index (Phi) is 12.3. The molecule has 10 heteroatoms. The first-order valence-corrected chi connectivity index (χ1v) is 25.0. The third-order valence-electron chi connectivity index (χ3n) is 4.52. The molecule has 0 atom stereocenters. The summed E-state index contributed by atoms with van der Waals surface area (Å²) in [5, 5.41) is 0. The van der Waals surface area contributed by atoms with Crippen LogP contribution < -0.4 is 5.73 Å². The van der Waals surface area contributed by atoms with Crippen LogP contribution in [0, 0.1) is 0 Å². The smallest absolute Gasteiger partial charge is 0.198 e. The third kappa shape index (κ3) is 7.57. The van der Waals surface area contributed by atoms with Gasteiger partial charge in [0, 0.05) is 6.42 Å². The second kappa shape index (κ2) is 11.9. The molecule has 0 bridgehead atoms. The van der Waals surface area contributed by atoms with Gasteiger partial charge in [-0.05, 0) is 65.3 Å². The van der Waals surface area contributed by atoms with E-state index >= 15 is 0 Å². The summed E-state index contributed by atoms with van der Waals surface area (Å²) < 4.78 is 27.4. The number of nitrogens with two attached hydrogens (primary N) is 1. The Morgan fingerprint density at radius 2 is 1.11 bits per heavy atom. The van der Waals surface area contributed by atoms with Gasteiger partial charge >= 0.3 is 0 Å². The molecule has 0 aliphatic heterocycles. The molecule has 0 radical (unpaired) electrons. The molecule has 0 fully saturated rings. The molecule has 0 aromatic heterocycles. The van der Waals surface area contributed by atoms with Crippen molar-refractivity contribution < 1.29 is 17.7 Å². The average Bonchev–Trinajstić information content (AvgIpc) is 2.49. The predicted octanol–water partition coefficient (Wildman–Crippen LogP) is 3.39. The van der Waals surface area contributed by atoms with Gasteiger partial charge in [0.2, 0.25) is 0 Å². The fourth-order valence-electron chi connectivity index (χ4n) is 3.76. The summed E-state index contributed by atoms with van der Waals surface area (Å²) in [5.74, 6) is -0.785. The van der Waals surface area contributed by atoms with Crippen molar-refractivity contribution >= 4 is 44.2 Å². The maximum atomic E-state index is 6.94. The zero-order chi connectivity index (χ0) is 21.5. The fourth-order valence-corrected chi connectivity index (χ4v) is 15.0. The highest BCUT2D eigenvalue weighted by molar-refractivity contribution is 6.81. The summed E-state index contributed by atoms with van der Waals surface area (Å²) in [5.41, 5.74) is 5.14. The lowest BCUT2D eigenvalue weighted by molar-refractivity contribution is -0.278. The van der Waals surface area contributed by atoms with Gasteiger partial charge < -0.3 is 23.4 Å². The van der Waals surface area contributed by atoms with Crippen LogP contribution in [0.5, 0.6) is 0 Å². The molecule has 0 aliphatic carbocycles. The Hall–Kier alpha value is 0.884. The van der Waals surface area contributed by atoms with Gasteiger partial charge in [-0.2, -0.15) is 0 Å². The lowest BCUT2D eigenvalue weighted by atomic mass is 10.2. The standard InChI is InChI=1S/C17H47NO4Si5/c1-12-16(19-23(2)3,20-24(4)5)17(21-25(6)7,22-26(8)9)27(10,11)15-13-14-18/h23-26H,12-15,18H2,1-11H3. The maximum Gasteiger partial charge on any atom is 0.198 e. The fraction of sp³-hybridized carbons (Fsp3) is 1.00. The lowest BCUT2D eigenvalue weighted by Crippen LogP contribution is -2.75. The van der Waals surface area contributed by atoms with Crippen molar-refractivity contribution in [2.75, 3.05) is 6.54 Å². The molecule has 0 aromatic carbocycles. The zero-order valence-electron chi connectivity index (χ0n) is 19.8. The van der Waals surface area contributed by atoms with Crippen LogP contribution in [0.1, 0.15) is 19.8 Å². The molecule has 2 N–H and O–H groups in total. The minimum absolute atomic E-state index is 0.698. The van der Waals surface area contributed by atoms with Crippen molar-refractivity contribution in [2.45, 2.75) is 102 Å². The Morgan fingerprint density at radius 1 is 0.741 bits per heavy atom. The highest BCUT2D eigenvalue weighted by atomic mass is 28.3. The van der Waals surface area contributed by atoms with Crippen LogP contribution in [-0.4, -0.2) is 62.0 Å². The van der Waals surface area contributed by atoms with E-state index in [0.717, 1.165) is 18.9 Å². The Labute approximate surface area is 176 Å². The first-order valence-electron chi connectivity index (χ1n) is 10.7. The van der Waals surface area contributed by atoms with Crippen molar-refractivity contribution in [2.24, 2.45) is 5.73 Å². The summed E-state index contributed by atoms with van der Waals surface area (Å²) in [6.07, 6.45) is 1.75. The van der Waals surface area contributed by atoms with E-state index in [-0.39, 0.29) is 0 Å². The van der Waals surface area contributed by atoms with E-state index in [1.165, 1.54) is 0 Å². The van der Waals surface area contributed by atoms with E-state index in [0.29, 0.717) is 6.54 Å². The molecule has 0 rings (SSSR count). The van der Waals surface area contributed by atoms with Crippen molar-refractivity contribution in [3.05, 3.63) is 0 Å². The molecular formula is C17H47NO4Si5. The minimum atomic E-state index is -2.08.